The minimum atomic E-state index is -1.43. The molecular formula is C18H16N2O4S. The SMILES string of the molecule is CC(=O)[C@@]12S[C@]3(CCCN3C1=O)[C@@H]1C(=O)N(c3ccccc3)C(=O)[C@@H]12. The third-order valence-electron chi connectivity index (χ3n) is 6.04. The van der Waals surface area contributed by atoms with Gasteiger partial charge in [0.25, 0.3) is 0 Å². The second kappa shape index (κ2) is 4.52. The van der Waals surface area contributed by atoms with E-state index in [9.17, 15) is 19.2 Å². The molecule has 0 aromatic heterocycles. The Labute approximate surface area is 148 Å². The number of fused-ring (bicyclic) bond motifs is 3. The molecule has 7 heteroatoms. The van der Waals surface area contributed by atoms with E-state index < -0.39 is 27.4 Å². The van der Waals surface area contributed by atoms with Crippen LogP contribution in [0, 0.1) is 11.8 Å². The van der Waals surface area contributed by atoms with E-state index in [0.29, 0.717) is 18.7 Å². The molecule has 4 heterocycles. The van der Waals surface area contributed by atoms with Gasteiger partial charge in [-0.15, -0.1) is 11.8 Å². The van der Waals surface area contributed by atoms with Crippen LogP contribution in [0.15, 0.2) is 30.3 Å². The average Bonchev–Trinajstić information content (AvgIpc) is 3.27. The molecule has 0 unspecified atom stereocenters. The van der Waals surface area contributed by atoms with Crippen molar-refractivity contribution < 1.29 is 19.2 Å². The van der Waals surface area contributed by atoms with Gasteiger partial charge in [-0.1, -0.05) is 18.2 Å². The van der Waals surface area contributed by atoms with Gasteiger partial charge in [0.1, 0.15) is 4.87 Å². The van der Waals surface area contributed by atoms with Crippen molar-refractivity contribution in [2.24, 2.45) is 11.8 Å². The summed E-state index contributed by atoms with van der Waals surface area (Å²) in [5, 5.41) is 0. The number of anilines is 1. The largest absolute Gasteiger partial charge is 0.325 e. The van der Waals surface area contributed by atoms with Gasteiger partial charge in [-0.05, 0) is 31.9 Å². The van der Waals surface area contributed by atoms with E-state index in [1.165, 1.54) is 23.6 Å². The van der Waals surface area contributed by atoms with Crippen LogP contribution in [0.2, 0.25) is 0 Å². The summed E-state index contributed by atoms with van der Waals surface area (Å²) in [6.07, 6.45) is 1.45. The Morgan fingerprint density at radius 2 is 1.80 bits per heavy atom. The predicted octanol–water partition coefficient (Wildman–Crippen LogP) is 1.20. The quantitative estimate of drug-likeness (QED) is 0.588. The first-order valence-corrected chi connectivity index (χ1v) is 9.23. The Morgan fingerprint density at radius 1 is 1.12 bits per heavy atom. The molecule has 4 fully saturated rings. The molecule has 1 aromatic rings. The fourth-order valence-corrected chi connectivity index (χ4v) is 7.26. The highest BCUT2D eigenvalue weighted by Crippen LogP contribution is 2.71. The highest BCUT2D eigenvalue weighted by atomic mass is 32.2. The monoisotopic (exact) mass is 356 g/mol. The third-order valence-corrected chi connectivity index (χ3v) is 8.11. The molecule has 2 bridgehead atoms. The van der Waals surface area contributed by atoms with Crippen molar-refractivity contribution in [3.8, 4) is 0 Å². The number of Topliss-reactive ketones (excluding diaryl/α,β-unsaturated/α-hetero) is 1. The third kappa shape index (κ3) is 1.46. The second-order valence-corrected chi connectivity index (χ2v) is 8.66. The van der Waals surface area contributed by atoms with Crippen LogP contribution in [0.25, 0.3) is 0 Å². The Morgan fingerprint density at radius 3 is 2.48 bits per heavy atom. The lowest BCUT2D eigenvalue weighted by Crippen LogP contribution is -2.59. The van der Waals surface area contributed by atoms with Gasteiger partial charge in [0.2, 0.25) is 17.7 Å². The molecule has 1 spiro atoms. The Bertz CT molecular complexity index is 856. The molecule has 128 valence electrons. The molecule has 25 heavy (non-hydrogen) atoms. The van der Waals surface area contributed by atoms with E-state index in [-0.39, 0.29) is 17.6 Å². The molecule has 0 aliphatic carbocycles. The highest BCUT2D eigenvalue weighted by molar-refractivity contribution is 8.04. The number of benzene rings is 1. The number of amides is 3. The maximum atomic E-state index is 13.2. The zero-order chi connectivity index (χ0) is 17.6. The molecular weight excluding hydrogens is 340 g/mol. The average molecular weight is 356 g/mol. The molecule has 6 nitrogen and oxygen atoms in total. The molecule has 0 radical (unpaired) electrons. The van der Waals surface area contributed by atoms with Crippen molar-refractivity contribution in [1.29, 1.82) is 0 Å². The van der Waals surface area contributed by atoms with Gasteiger partial charge in [-0.2, -0.15) is 0 Å². The van der Waals surface area contributed by atoms with Crippen molar-refractivity contribution in [3.63, 3.8) is 0 Å². The molecule has 3 amide bonds. The van der Waals surface area contributed by atoms with E-state index in [4.69, 9.17) is 0 Å². The first-order chi connectivity index (χ1) is 11.9. The van der Waals surface area contributed by atoms with Gasteiger partial charge in [0.15, 0.2) is 10.5 Å². The maximum Gasteiger partial charge on any atom is 0.248 e. The van der Waals surface area contributed by atoms with Crippen molar-refractivity contribution >= 4 is 41.0 Å². The number of imide groups is 1. The summed E-state index contributed by atoms with van der Waals surface area (Å²) in [5.41, 5.74) is 0.503. The van der Waals surface area contributed by atoms with Gasteiger partial charge in [0, 0.05) is 6.54 Å². The Balaban J connectivity index is 1.71. The number of para-hydroxylation sites is 1. The summed E-state index contributed by atoms with van der Waals surface area (Å²) in [6, 6.07) is 8.75. The van der Waals surface area contributed by atoms with Crippen LogP contribution in [0.1, 0.15) is 19.8 Å². The van der Waals surface area contributed by atoms with Crippen LogP contribution < -0.4 is 4.90 Å². The summed E-state index contributed by atoms with van der Waals surface area (Å²) in [7, 11) is 0. The van der Waals surface area contributed by atoms with E-state index in [0.717, 1.165) is 6.42 Å². The minimum absolute atomic E-state index is 0.278. The highest BCUT2D eigenvalue weighted by Gasteiger charge is 2.83. The Kier molecular flexibility index (Phi) is 2.73. The van der Waals surface area contributed by atoms with Gasteiger partial charge < -0.3 is 4.90 Å². The number of rotatable bonds is 2. The van der Waals surface area contributed by atoms with Gasteiger partial charge in [0.05, 0.1) is 17.5 Å². The number of hydrogen-bond acceptors (Lipinski definition) is 5. The normalized spacial score (nSPS) is 38.5. The number of ketones is 1. The van der Waals surface area contributed by atoms with E-state index in [1.54, 1.807) is 29.2 Å². The maximum absolute atomic E-state index is 13.2. The van der Waals surface area contributed by atoms with Crippen LogP contribution >= 0.6 is 11.8 Å². The number of piperidine rings is 1. The smallest absolute Gasteiger partial charge is 0.248 e. The zero-order valence-corrected chi connectivity index (χ0v) is 14.4. The molecule has 1 aromatic carbocycles. The topological polar surface area (TPSA) is 74.8 Å². The van der Waals surface area contributed by atoms with Gasteiger partial charge in [-0.25, -0.2) is 4.90 Å². The second-order valence-electron chi connectivity index (χ2n) is 7.10. The lowest BCUT2D eigenvalue weighted by molar-refractivity contribution is -0.149. The van der Waals surface area contributed by atoms with Crippen molar-refractivity contribution in [2.75, 3.05) is 11.4 Å². The standard InChI is InChI=1S/C18H16N2O4S/c1-10(21)18-13-12(17(25-18)8-5-9-19(17)16(18)24)14(22)20(15(13)23)11-6-3-2-4-7-11/h2-4,6-7,12-13H,5,8-9H2,1H3/t12-,13+,17+,18-/m0/s1. The Hall–Kier alpha value is -2.15. The van der Waals surface area contributed by atoms with Crippen molar-refractivity contribution in [1.82, 2.24) is 4.90 Å². The fraction of sp³-hybridized carbons (Fsp3) is 0.444. The van der Waals surface area contributed by atoms with Crippen LogP contribution in [-0.4, -0.2) is 44.6 Å². The predicted molar refractivity (Wildman–Crippen MR) is 90.6 cm³/mol. The summed E-state index contributed by atoms with van der Waals surface area (Å²) in [4.78, 5) is 54.2. The fourth-order valence-electron chi connectivity index (χ4n) is 5.11. The number of carbonyl (C=O) groups excluding carboxylic acids is 4. The first kappa shape index (κ1) is 15.1. The van der Waals surface area contributed by atoms with Crippen molar-refractivity contribution in [3.05, 3.63) is 30.3 Å². The number of hydrogen-bond donors (Lipinski definition) is 0. The number of carbonyl (C=O) groups is 4. The van der Waals surface area contributed by atoms with Crippen LogP contribution in [0.4, 0.5) is 5.69 Å². The molecule has 4 aliphatic rings. The van der Waals surface area contributed by atoms with E-state index in [2.05, 4.69) is 0 Å². The van der Waals surface area contributed by atoms with Gasteiger partial charge >= 0.3 is 0 Å². The number of nitrogens with zero attached hydrogens (tertiary/aromatic N) is 2. The van der Waals surface area contributed by atoms with E-state index >= 15 is 0 Å². The summed E-state index contributed by atoms with van der Waals surface area (Å²) >= 11 is 1.27. The lowest BCUT2D eigenvalue weighted by atomic mass is 9.73. The summed E-state index contributed by atoms with van der Waals surface area (Å²) in [5.74, 6) is -2.81. The lowest BCUT2D eigenvalue weighted by Gasteiger charge is -2.37. The summed E-state index contributed by atoms with van der Waals surface area (Å²) in [6.45, 7) is 1.92. The zero-order valence-electron chi connectivity index (χ0n) is 13.6. The molecule has 0 saturated carbocycles. The summed E-state index contributed by atoms with van der Waals surface area (Å²) < 4.78 is -1.43. The molecule has 4 atom stereocenters. The minimum Gasteiger partial charge on any atom is -0.325 e. The first-order valence-electron chi connectivity index (χ1n) is 8.41. The van der Waals surface area contributed by atoms with Crippen molar-refractivity contribution in [2.45, 2.75) is 29.4 Å². The van der Waals surface area contributed by atoms with E-state index in [1.807, 2.05) is 6.07 Å². The molecule has 5 rings (SSSR count). The van der Waals surface area contributed by atoms with Crippen LogP contribution in [0.3, 0.4) is 0 Å². The van der Waals surface area contributed by atoms with Crippen LogP contribution in [-0.2, 0) is 19.2 Å². The van der Waals surface area contributed by atoms with Gasteiger partial charge in [-0.3, -0.25) is 19.2 Å². The number of thioether (sulfide) groups is 1. The molecule has 0 N–H and O–H groups in total. The van der Waals surface area contributed by atoms with Crippen LogP contribution in [0.5, 0.6) is 0 Å². The molecule has 4 aliphatic heterocycles. The molecule has 4 saturated heterocycles.